The zero-order chi connectivity index (χ0) is 37.2. The van der Waals surface area contributed by atoms with Crippen molar-refractivity contribution in [1.82, 2.24) is 9.80 Å². The molecule has 1 amide bonds. The highest BCUT2D eigenvalue weighted by molar-refractivity contribution is 5.71. The zero-order valence-electron chi connectivity index (χ0n) is 31.0. The van der Waals surface area contributed by atoms with E-state index in [1.54, 1.807) is 49.1 Å². The summed E-state index contributed by atoms with van der Waals surface area (Å²) in [6.07, 6.45) is 5.44. The lowest BCUT2D eigenvalue weighted by Gasteiger charge is -2.38. The van der Waals surface area contributed by atoms with Crippen LogP contribution in [-0.2, 0) is 28.5 Å². The van der Waals surface area contributed by atoms with Crippen molar-refractivity contribution < 1.29 is 48.7 Å². The van der Waals surface area contributed by atoms with Crippen LogP contribution in [0.3, 0.4) is 0 Å². The van der Waals surface area contributed by atoms with Crippen LogP contribution in [0.5, 0.6) is 0 Å². The number of aliphatic hydroxyl groups is 3. The molecule has 13 nitrogen and oxygen atoms in total. The summed E-state index contributed by atoms with van der Waals surface area (Å²) in [5.74, 6) is -1.60. The summed E-state index contributed by atoms with van der Waals surface area (Å²) in [6.45, 7) is 15.7. The number of esters is 2. The van der Waals surface area contributed by atoms with Gasteiger partial charge in [-0.1, -0.05) is 45.1 Å². The number of hydrogen-bond donors (Lipinski definition) is 4. The molecular weight excluding hydrogens is 646 g/mol. The third kappa shape index (κ3) is 12.4. The van der Waals surface area contributed by atoms with Crippen molar-refractivity contribution >= 4 is 18.0 Å². The Morgan fingerprint density at radius 1 is 1.22 bits per heavy atom. The van der Waals surface area contributed by atoms with Crippen LogP contribution in [-0.4, -0.2) is 130 Å². The van der Waals surface area contributed by atoms with E-state index >= 15 is 0 Å². The van der Waals surface area contributed by atoms with Gasteiger partial charge >= 0.3 is 18.0 Å². The van der Waals surface area contributed by atoms with Crippen molar-refractivity contribution in [2.75, 3.05) is 39.3 Å². The van der Waals surface area contributed by atoms with Gasteiger partial charge in [0.2, 0.25) is 0 Å². The normalized spacial score (nSPS) is 33.3. The Kier molecular flexibility index (Phi) is 15.5. The summed E-state index contributed by atoms with van der Waals surface area (Å²) in [6, 6.07) is 0. The molecule has 3 aliphatic rings. The molecule has 0 aromatic heterocycles. The number of ether oxygens (including phenoxy) is 4. The number of carbonyl (C=O) groups is 3. The Labute approximate surface area is 297 Å². The molecule has 3 rings (SSSR count). The maximum atomic E-state index is 13.4. The maximum Gasteiger partial charge on any atom is 0.410 e. The van der Waals surface area contributed by atoms with Gasteiger partial charge in [-0.2, -0.15) is 0 Å². The molecule has 13 heteroatoms. The van der Waals surface area contributed by atoms with Crippen molar-refractivity contribution in [2.24, 2.45) is 17.6 Å². The molecule has 0 spiro atoms. The lowest BCUT2D eigenvalue weighted by atomic mass is 9.88. The summed E-state index contributed by atoms with van der Waals surface area (Å²) >= 11 is 0. The molecule has 5 N–H and O–H groups in total. The van der Waals surface area contributed by atoms with Gasteiger partial charge < -0.3 is 44.9 Å². The second-order valence-electron chi connectivity index (χ2n) is 14.7. The predicted molar refractivity (Wildman–Crippen MR) is 188 cm³/mol. The first-order valence-corrected chi connectivity index (χ1v) is 18.0. The average molecular weight is 708 g/mol. The summed E-state index contributed by atoms with van der Waals surface area (Å²) in [5, 5.41) is 32.0. The van der Waals surface area contributed by atoms with Crippen LogP contribution in [0.25, 0.3) is 0 Å². The minimum Gasteiger partial charge on any atom is -0.457 e. The molecular formula is C37H61N3O10. The number of amides is 1. The molecule has 0 aromatic carbocycles. The van der Waals surface area contributed by atoms with Gasteiger partial charge in [0.05, 0.1) is 36.4 Å². The Morgan fingerprint density at radius 3 is 2.52 bits per heavy atom. The fourth-order valence-corrected chi connectivity index (χ4v) is 6.75. The van der Waals surface area contributed by atoms with Gasteiger partial charge in [-0.3, -0.25) is 14.5 Å². The molecule has 1 unspecified atom stereocenters. The van der Waals surface area contributed by atoms with Crippen LogP contribution in [0.2, 0.25) is 0 Å². The van der Waals surface area contributed by atoms with E-state index in [-0.39, 0.29) is 37.4 Å². The number of nitrogens with two attached hydrogens (primary N) is 1. The van der Waals surface area contributed by atoms with Crippen LogP contribution < -0.4 is 5.73 Å². The number of piperazine rings is 1. The van der Waals surface area contributed by atoms with Crippen LogP contribution in [0.15, 0.2) is 36.0 Å². The first-order valence-electron chi connectivity index (χ1n) is 18.0. The molecule has 10 atom stereocenters. The second-order valence-corrected chi connectivity index (χ2v) is 14.7. The van der Waals surface area contributed by atoms with E-state index in [9.17, 15) is 29.7 Å². The van der Waals surface area contributed by atoms with Crippen LogP contribution in [0.4, 0.5) is 4.79 Å². The van der Waals surface area contributed by atoms with E-state index in [1.807, 2.05) is 27.7 Å². The lowest BCUT2D eigenvalue weighted by Crippen LogP contribution is -2.52. The number of nitrogens with zero attached hydrogens (tertiary/aromatic N) is 2. The molecule has 3 heterocycles. The fraction of sp³-hybridized carbons (Fsp3) is 0.757. The SMILES string of the molecule is CC[C@H](O)[C@@H](C)[C@H]1O[C@@H]1CC(C)(O)/C=C/C=C(\C)[C@H]1OC(=O)C[C@H](O)CC[C@@](C)(OC(C)=O)[C@@H](OC(=O)N2CCN(CCN)CC2)/C=C/[C@@H]1C. The third-order valence-corrected chi connectivity index (χ3v) is 10.0. The topological polar surface area (TPSA) is 185 Å². The molecule has 0 aromatic rings. The first kappa shape index (κ1) is 41.6. The van der Waals surface area contributed by atoms with Gasteiger partial charge in [0.15, 0.2) is 6.10 Å². The summed E-state index contributed by atoms with van der Waals surface area (Å²) in [7, 11) is 0. The molecule has 284 valence electrons. The number of allylic oxidation sites excluding steroid dienone is 2. The number of aliphatic hydroxyl groups excluding tert-OH is 2. The van der Waals surface area contributed by atoms with Gasteiger partial charge in [-0.25, -0.2) is 4.79 Å². The summed E-state index contributed by atoms with van der Waals surface area (Å²) in [4.78, 5) is 42.5. The highest BCUT2D eigenvalue weighted by atomic mass is 16.6. The lowest BCUT2D eigenvalue weighted by molar-refractivity contribution is -0.168. The molecule has 2 saturated heterocycles. The smallest absolute Gasteiger partial charge is 0.410 e. The molecule has 0 bridgehead atoms. The Hall–Kier alpha value is -2.81. The van der Waals surface area contributed by atoms with E-state index in [0.717, 1.165) is 6.54 Å². The quantitative estimate of drug-likeness (QED) is 0.0766. The van der Waals surface area contributed by atoms with E-state index < -0.39 is 59.6 Å². The largest absolute Gasteiger partial charge is 0.457 e. The van der Waals surface area contributed by atoms with Gasteiger partial charge in [0.1, 0.15) is 11.7 Å². The van der Waals surface area contributed by atoms with Crippen molar-refractivity contribution in [3.05, 3.63) is 36.0 Å². The van der Waals surface area contributed by atoms with Crippen LogP contribution >= 0.6 is 0 Å². The van der Waals surface area contributed by atoms with Gasteiger partial charge in [-0.05, 0) is 51.7 Å². The molecule has 2 fully saturated rings. The number of epoxide rings is 1. The minimum atomic E-state index is -1.32. The van der Waals surface area contributed by atoms with Gasteiger partial charge in [0.25, 0.3) is 0 Å². The molecule has 0 aliphatic carbocycles. The van der Waals surface area contributed by atoms with E-state index in [4.69, 9.17) is 24.7 Å². The number of hydrogen-bond acceptors (Lipinski definition) is 12. The fourth-order valence-electron chi connectivity index (χ4n) is 6.75. The highest BCUT2D eigenvalue weighted by Gasteiger charge is 2.47. The molecule has 3 aliphatic heterocycles. The summed E-state index contributed by atoms with van der Waals surface area (Å²) < 4.78 is 23.4. The number of carbonyl (C=O) groups excluding carboxylic acids is 3. The maximum absolute atomic E-state index is 13.4. The molecule has 0 saturated carbocycles. The van der Waals surface area contributed by atoms with Crippen molar-refractivity contribution in [3.63, 3.8) is 0 Å². The monoisotopic (exact) mass is 707 g/mol. The second kappa shape index (κ2) is 18.6. The Balaban J connectivity index is 1.81. The van der Waals surface area contributed by atoms with E-state index in [0.29, 0.717) is 51.1 Å². The number of cyclic esters (lactones) is 1. The Bertz CT molecular complexity index is 1230. The standard InChI is InChI=1S/C37H61N3O10/c1-8-29(43)26(4)34-30(47-34)23-36(6,46)14-9-10-24(2)33-25(3)11-12-31(48-35(45)40-20-18-39(17-16-38)19-21-40)37(7,50-27(5)41)15-13-28(42)22-32(44)49-33/h9-12,14,25-26,28-31,33-34,42-43,46H,8,13,15-23,38H2,1-7H3/b12-11+,14-9+,24-10+/t25-,26+,28+,29-,30+,31-,33+,34+,36?,37+/m0/s1. The van der Waals surface area contributed by atoms with Gasteiger partial charge in [0, 0.05) is 64.4 Å². The molecule has 0 radical (unpaired) electrons. The van der Waals surface area contributed by atoms with Crippen molar-refractivity contribution in [2.45, 2.75) is 128 Å². The average Bonchev–Trinajstić information content (AvgIpc) is 3.81. The number of rotatable bonds is 12. The van der Waals surface area contributed by atoms with Gasteiger partial charge in [-0.15, -0.1) is 0 Å². The van der Waals surface area contributed by atoms with Crippen LogP contribution in [0, 0.1) is 11.8 Å². The highest BCUT2D eigenvalue weighted by Crippen LogP contribution is 2.38. The van der Waals surface area contributed by atoms with E-state index in [1.165, 1.54) is 6.92 Å². The zero-order valence-corrected chi connectivity index (χ0v) is 31.0. The van der Waals surface area contributed by atoms with Crippen molar-refractivity contribution in [3.8, 4) is 0 Å². The Morgan fingerprint density at radius 2 is 1.90 bits per heavy atom. The van der Waals surface area contributed by atoms with E-state index in [2.05, 4.69) is 4.90 Å². The summed E-state index contributed by atoms with van der Waals surface area (Å²) in [5.41, 5.74) is 3.87. The van der Waals surface area contributed by atoms with Crippen molar-refractivity contribution in [1.29, 1.82) is 0 Å². The third-order valence-electron chi connectivity index (χ3n) is 10.0. The molecule has 50 heavy (non-hydrogen) atoms. The van der Waals surface area contributed by atoms with Crippen LogP contribution in [0.1, 0.15) is 80.6 Å². The predicted octanol–water partition coefficient (Wildman–Crippen LogP) is 2.86. The first-order chi connectivity index (χ1) is 23.5. The minimum absolute atomic E-state index is 0.0250.